The van der Waals surface area contributed by atoms with Gasteiger partial charge in [0.15, 0.2) is 0 Å². The molecule has 1 aromatic rings. The van der Waals surface area contributed by atoms with E-state index < -0.39 is 5.92 Å². The lowest BCUT2D eigenvalue weighted by Crippen LogP contribution is -2.34. The Balaban J connectivity index is 2.87. The van der Waals surface area contributed by atoms with Crippen molar-refractivity contribution in [2.75, 3.05) is 33.5 Å². The normalized spacial score (nSPS) is 11.6. The number of anilines is 1. The summed E-state index contributed by atoms with van der Waals surface area (Å²) in [6.07, 6.45) is 0. The predicted molar refractivity (Wildman–Crippen MR) is 75.5 cm³/mol. The molecular formula is C14H20N2O4. The number of nitrogens with zero attached hydrogens (tertiary/aromatic N) is 1. The molecule has 2 N–H and O–H groups in total. The summed E-state index contributed by atoms with van der Waals surface area (Å²) in [6, 6.07) is 4.83. The number of carbonyl (C=O) groups excluding carboxylic acids is 2. The summed E-state index contributed by atoms with van der Waals surface area (Å²) in [6.45, 7) is 1.97. The van der Waals surface area contributed by atoms with Gasteiger partial charge in [-0.15, -0.1) is 0 Å². The van der Waals surface area contributed by atoms with Gasteiger partial charge in [0.05, 0.1) is 25.7 Å². The van der Waals surface area contributed by atoms with Crippen LogP contribution < -0.4 is 10.5 Å². The maximum absolute atomic E-state index is 12.3. The number of esters is 1. The van der Waals surface area contributed by atoms with E-state index in [1.165, 1.54) is 19.1 Å². The molecule has 0 aliphatic heterocycles. The van der Waals surface area contributed by atoms with Crippen LogP contribution in [0.25, 0.3) is 0 Å². The van der Waals surface area contributed by atoms with Crippen LogP contribution in [0.15, 0.2) is 18.2 Å². The van der Waals surface area contributed by atoms with Gasteiger partial charge in [-0.3, -0.25) is 9.59 Å². The largest absolute Gasteiger partial charge is 0.496 e. The maximum Gasteiger partial charge on any atom is 0.310 e. The standard InChI is InChI=1S/C14H20N2O4/c1-9(14(18)20-4)8-16(2)13(17)11-6-5-10(15)7-12(11)19-3/h5-7,9H,8,15H2,1-4H3. The number of methoxy groups -OCH3 is 2. The van der Waals surface area contributed by atoms with Crippen molar-refractivity contribution in [1.82, 2.24) is 4.90 Å². The molecule has 0 aliphatic carbocycles. The molecule has 1 amide bonds. The average Bonchev–Trinajstić information content (AvgIpc) is 2.45. The molecule has 0 aliphatic rings. The Hall–Kier alpha value is -2.24. The minimum absolute atomic E-state index is 0.238. The van der Waals surface area contributed by atoms with Gasteiger partial charge >= 0.3 is 5.97 Å². The number of ether oxygens (including phenoxy) is 2. The molecule has 0 saturated carbocycles. The molecule has 1 atom stereocenters. The summed E-state index contributed by atoms with van der Waals surface area (Å²) in [5.41, 5.74) is 6.57. The van der Waals surface area contributed by atoms with Gasteiger partial charge in [0.2, 0.25) is 0 Å². The Labute approximate surface area is 118 Å². The second-order valence-corrected chi connectivity index (χ2v) is 4.57. The van der Waals surface area contributed by atoms with E-state index >= 15 is 0 Å². The molecule has 1 rings (SSSR count). The molecule has 20 heavy (non-hydrogen) atoms. The van der Waals surface area contributed by atoms with Crippen LogP contribution in [-0.4, -0.2) is 44.6 Å². The average molecular weight is 280 g/mol. The van der Waals surface area contributed by atoms with Crippen LogP contribution in [0.1, 0.15) is 17.3 Å². The molecule has 0 saturated heterocycles. The predicted octanol–water partition coefficient (Wildman–Crippen LogP) is 1.16. The lowest BCUT2D eigenvalue weighted by molar-refractivity contribution is -0.145. The van der Waals surface area contributed by atoms with E-state index in [9.17, 15) is 9.59 Å². The third kappa shape index (κ3) is 3.63. The van der Waals surface area contributed by atoms with Gasteiger partial charge in [-0.05, 0) is 12.1 Å². The Morgan fingerprint density at radius 3 is 2.55 bits per heavy atom. The lowest BCUT2D eigenvalue weighted by atomic mass is 10.1. The highest BCUT2D eigenvalue weighted by molar-refractivity contribution is 5.97. The van der Waals surface area contributed by atoms with Gasteiger partial charge in [-0.2, -0.15) is 0 Å². The van der Waals surface area contributed by atoms with Crippen molar-refractivity contribution in [2.24, 2.45) is 5.92 Å². The molecule has 110 valence electrons. The Morgan fingerprint density at radius 2 is 2.00 bits per heavy atom. The van der Waals surface area contributed by atoms with Crippen LogP contribution in [0.5, 0.6) is 5.75 Å². The fourth-order valence-corrected chi connectivity index (χ4v) is 1.86. The fourth-order valence-electron chi connectivity index (χ4n) is 1.86. The van der Waals surface area contributed by atoms with E-state index in [1.807, 2.05) is 0 Å². The monoisotopic (exact) mass is 280 g/mol. The van der Waals surface area contributed by atoms with E-state index in [1.54, 1.807) is 32.2 Å². The molecule has 6 nitrogen and oxygen atoms in total. The van der Waals surface area contributed by atoms with E-state index in [0.717, 1.165) is 0 Å². The Kier molecular flexibility index (Phi) is 5.37. The molecule has 0 bridgehead atoms. The van der Waals surface area contributed by atoms with Crippen LogP contribution in [0, 0.1) is 5.92 Å². The zero-order valence-corrected chi connectivity index (χ0v) is 12.2. The zero-order valence-electron chi connectivity index (χ0n) is 12.2. The van der Waals surface area contributed by atoms with Gasteiger partial charge in [0.1, 0.15) is 5.75 Å². The first-order chi connectivity index (χ1) is 9.40. The van der Waals surface area contributed by atoms with E-state index in [0.29, 0.717) is 17.0 Å². The number of hydrogen-bond donors (Lipinski definition) is 1. The van der Waals surface area contributed by atoms with E-state index in [4.69, 9.17) is 10.5 Å². The first-order valence-electron chi connectivity index (χ1n) is 6.17. The zero-order chi connectivity index (χ0) is 15.3. The number of amides is 1. The van der Waals surface area contributed by atoms with Crippen molar-refractivity contribution in [2.45, 2.75) is 6.92 Å². The van der Waals surface area contributed by atoms with E-state index in [-0.39, 0.29) is 18.4 Å². The van der Waals surface area contributed by atoms with Crippen molar-refractivity contribution < 1.29 is 19.1 Å². The smallest absolute Gasteiger partial charge is 0.310 e. The molecule has 0 radical (unpaired) electrons. The molecular weight excluding hydrogens is 260 g/mol. The van der Waals surface area contributed by atoms with Gasteiger partial charge in [0, 0.05) is 25.3 Å². The van der Waals surface area contributed by atoms with Crippen LogP contribution in [0.3, 0.4) is 0 Å². The summed E-state index contributed by atoms with van der Waals surface area (Å²) in [7, 11) is 4.42. The topological polar surface area (TPSA) is 81.9 Å². The van der Waals surface area contributed by atoms with Crippen LogP contribution in [0.2, 0.25) is 0 Å². The highest BCUT2D eigenvalue weighted by atomic mass is 16.5. The Bertz CT molecular complexity index is 502. The van der Waals surface area contributed by atoms with Gasteiger partial charge in [-0.1, -0.05) is 6.92 Å². The summed E-state index contributed by atoms with van der Waals surface area (Å²) in [4.78, 5) is 25.2. The first-order valence-corrected chi connectivity index (χ1v) is 6.17. The van der Waals surface area contributed by atoms with Crippen LogP contribution in [0.4, 0.5) is 5.69 Å². The number of carbonyl (C=O) groups is 2. The van der Waals surface area contributed by atoms with Crippen molar-refractivity contribution in [1.29, 1.82) is 0 Å². The van der Waals surface area contributed by atoms with Gasteiger partial charge < -0.3 is 20.1 Å². The maximum atomic E-state index is 12.3. The van der Waals surface area contributed by atoms with Crippen molar-refractivity contribution in [3.8, 4) is 5.75 Å². The van der Waals surface area contributed by atoms with Crippen molar-refractivity contribution in [3.63, 3.8) is 0 Å². The van der Waals surface area contributed by atoms with Crippen molar-refractivity contribution >= 4 is 17.6 Å². The first kappa shape index (κ1) is 15.8. The highest BCUT2D eigenvalue weighted by Gasteiger charge is 2.21. The molecule has 0 heterocycles. The number of nitrogens with two attached hydrogens (primary N) is 1. The molecule has 1 unspecified atom stereocenters. The highest BCUT2D eigenvalue weighted by Crippen LogP contribution is 2.23. The van der Waals surface area contributed by atoms with Crippen LogP contribution in [-0.2, 0) is 9.53 Å². The van der Waals surface area contributed by atoms with Gasteiger partial charge in [0.25, 0.3) is 5.91 Å². The third-order valence-electron chi connectivity index (χ3n) is 2.95. The molecule has 0 fully saturated rings. The third-order valence-corrected chi connectivity index (χ3v) is 2.95. The number of nitrogen functional groups attached to an aromatic ring is 1. The Morgan fingerprint density at radius 1 is 1.35 bits per heavy atom. The SMILES string of the molecule is COC(=O)C(C)CN(C)C(=O)c1ccc(N)cc1OC. The number of rotatable bonds is 5. The van der Waals surface area contributed by atoms with E-state index in [2.05, 4.69) is 4.74 Å². The molecule has 0 spiro atoms. The molecule has 6 heteroatoms. The lowest BCUT2D eigenvalue weighted by Gasteiger charge is -2.21. The second-order valence-electron chi connectivity index (χ2n) is 4.57. The molecule has 0 aromatic heterocycles. The molecule has 1 aromatic carbocycles. The summed E-state index contributed by atoms with van der Waals surface area (Å²) in [5, 5.41) is 0. The van der Waals surface area contributed by atoms with Crippen molar-refractivity contribution in [3.05, 3.63) is 23.8 Å². The minimum atomic E-state index is -0.395. The summed E-state index contributed by atoms with van der Waals surface area (Å²) < 4.78 is 9.79. The second kappa shape index (κ2) is 6.79. The summed E-state index contributed by atoms with van der Waals surface area (Å²) in [5.74, 6) is -0.576. The van der Waals surface area contributed by atoms with Crippen LogP contribution >= 0.6 is 0 Å². The number of hydrogen-bond acceptors (Lipinski definition) is 5. The summed E-state index contributed by atoms with van der Waals surface area (Å²) >= 11 is 0. The quantitative estimate of drug-likeness (QED) is 0.646. The fraction of sp³-hybridized carbons (Fsp3) is 0.429. The number of benzene rings is 1. The van der Waals surface area contributed by atoms with Gasteiger partial charge in [-0.25, -0.2) is 0 Å². The minimum Gasteiger partial charge on any atom is -0.496 e.